The third-order valence-electron chi connectivity index (χ3n) is 4.45. The Balaban J connectivity index is 1.84. The molecule has 1 amide bonds. The van der Waals surface area contributed by atoms with E-state index in [2.05, 4.69) is 26.1 Å². The largest absolute Gasteiger partial charge is 0.465 e. The summed E-state index contributed by atoms with van der Waals surface area (Å²) in [6, 6.07) is -0.994. The molecular formula is C12H16BrFN4O2S. The monoisotopic (exact) mass is 378 g/mol. The van der Waals surface area contributed by atoms with Crippen LogP contribution in [0.3, 0.4) is 0 Å². The van der Waals surface area contributed by atoms with Crippen LogP contribution in [0.25, 0.3) is 0 Å². The van der Waals surface area contributed by atoms with Gasteiger partial charge in [-0.05, 0) is 41.6 Å². The summed E-state index contributed by atoms with van der Waals surface area (Å²) in [5.41, 5.74) is 0. The second-order valence-corrected chi connectivity index (χ2v) is 7.77. The van der Waals surface area contributed by atoms with Gasteiger partial charge in [0.05, 0.1) is 12.1 Å². The minimum Gasteiger partial charge on any atom is -0.465 e. The van der Waals surface area contributed by atoms with E-state index in [0.29, 0.717) is 21.9 Å². The molecule has 9 heteroatoms. The van der Waals surface area contributed by atoms with Crippen LogP contribution in [0.4, 0.5) is 14.3 Å². The number of hydrogen-bond acceptors (Lipinski definition) is 5. The lowest BCUT2D eigenvalue weighted by Gasteiger charge is -2.50. The molecule has 3 heterocycles. The molecule has 1 aromatic rings. The number of fused-ring (bicyclic) bond motifs is 2. The van der Waals surface area contributed by atoms with Crippen molar-refractivity contribution in [2.45, 2.75) is 50.0 Å². The summed E-state index contributed by atoms with van der Waals surface area (Å²) in [4.78, 5) is 14.5. The molecule has 0 unspecified atom stereocenters. The van der Waals surface area contributed by atoms with Crippen LogP contribution in [0.1, 0.15) is 25.7 Å². The number of hydrogen-bond donors (Lipinski definition) is 1. The van der Waals surface area contributed by atoms with Crippen LogP contribution in [-0.4, -0.2) is 57.6 Å². The van der Waals surface area contributed by atoms with E-state index in [1.54, 1.807) is 11.9 Å². The van der Waals surface area contributed by atoms with Crippen molar-refractivity contribution in [1.29, 1.82) is 0 Å². The highest BCUT2D eigenvalue weighted by atomic mass is 79.9. The maximum atomic E-state index is 14.9. The molecule has 0 saturated carbocycles. The van der Waals surface area contributed by atoms with E-state index >= 15 is 0 Å². The van der Waals surface area contributed by atoms with Crippen LogP contribution < -0.4 is 4.90 Å². The molecule has 116 valence electrons. The van der Waals surface area contributed by atoms with Gasteiger partial charge in [-0.3, -0.25) is 4.90 Å². The molecule has 4 atom stereocenters. The third-order valence-corrected chi connectivity index (χ3v) is 5.89. The normalized spacial score (nSPS) is 32.0. The summed E-state index contributed by atoms with van der Waals surface area (Å²) in [6.45, 7) is 0. The Kier molecular flexibility index (Phi) is 4.04. The second kappa shape index (κ2) is 5.68. The smallest absolute Gasteiger partial charge is 0.407 e. The minimum absolute atomic E-state index is 0.0999. The first-order valence-corrected chi connectivity index (χ1v) is 8.47. The van der Waals surface area contributed by atoms with Gasteiger partial charge in [-0.15, -0.1) is 10.2 Å². The summed E-state index contributed by atoms with van der Waals surface area (Å²) >= 11 is 4.61. The lowest BCUT2D eigenvalue weighted by Crippen LogP contribution is -2.64. The summed E-state index contributed by atoms with van der Waals surface area (Å²) in [6.07, 6.45) is 0.573. The van der Waals surface area contributed by atoms with Gasteiger partial charge in [0.25, 0.3) is 0 Å². The standard InChI is InChI=1S/C12H16BrFN4O2S/c1-17(11-16-15-10(13)21-11)8-5-6-3-2-4-7(9(8)14)18(6)12(19)20/h6-9H,2-5H2,1H3,(H,19,20)/t6-,7+,8-,9+/m0/s1. The van der Waals surface area contributed by atoms with E-state index in [1.165, 1.54) is 16.2 Å². The summed E-state index contributed by atoms with van der Waals surface area (Å²) in [5.74, 6) is 0. The highest BCUT2D eigenvalue weighted by molar-refractivity contribution is 9.11. The summed E-state index contributed by atoms with van der Waals surface area (Å²) < 4.78 is 15.5. The van der Waals surface area contributed by atoms with Gasteiger partial charge in [0.1, 0.15) is 6.17 Å². The highest BCUT2D eigenvalue weighted by Gasteiger charge is 2.49. The zero-order valence-electron chi connectivity index (χ0n) is 11.4. The number of nitrogens with zero attached hydrogens (tertiary/aromatic N) is 4. The van der Waals surface area contributed by atoms with Gasteiger partial charge in [-0.1, -0.05) is 11.3 Å². The van der Waals surface area contributed by atoms with Gasteiger partial charge in [0, 0.05) is 13.1 Å². The first-order chi connectivity index (χ1) is 9.99. The number of aromatic nitrogens is 2. The molecule has 2 saturated heterocycles. The zero-order chi connectivity index (χ0) is 15.1. The molecule has 2 aliphatic rings. The molecule has 6 nitrogen and oxygen atoms in total. The van der Waals surface area contributed by atoms with E-state index in [9.17, 15) is 14.3 Å². The fraction of sp³-hybridized carbons (Fsp3) is 0.750. The van der Waals surface area contributed by atoms with E-state index < -0.39 is 18.3 Å². The van der Waals surface area contributed by atoms with Crippen LogP contribution in [0, 0.1) is 0 Å². The number of anilines is 1. The Morgan fingerprint density at radius 3 is 2.90 bits per heavy atom. The van der Waals surface area contributed by atoms with E-state index in [4.69, 9.17) is 0 Å². The maximum Gasteiger partial charge on any atom is 0.407 e. The van der Waals surface area contributed by atoms with Crippen molar-refractivity contribution in [3.63, 3.8) is 0 Å². The van der Waals surface area contributed by atoms with E-state index in [0.717, 1.165) is 12.8 Å². The van der Waals surface area contributed by atoms with Crippen molar-refractivity contribution in [1.82, 2.24) is 15.1 Å². The average Bonchev–Trinajstić information content (AvgIpc) is 2.88. The minimum atomic E-state index is -1.20. The zero-order valence-corrected chi connectivity index (χ0v) is 13.8. The van der Waals surface area contributed by atoms with Gasteiger partial charge in [0.15, 0.2) is 3.92 Å². The van der Waals surface area contributed by atoms with Crippen LogP contribution in [0.5, 0.6) is 0 Å². The van der Waals surface area contributed by atoms with Crippen molar-refractivity contribution in [2.75, 3.05) is 11.9 Å². The maximum absolute atomic E-state index is 14.9. The van der Waals surface area contributed by atoms with Crippen LogP contribution in [-0.2, 0) is 0 Å². The van der Waals surface area contributed by atoms with Crippen molar-refractivity contribution in [3.8, 4) is 0 Å². The molecule has 0 aromatic carbocycles. The van der Waals surface area contributed by atoms with E-state index in [1.807, 2.05) is 0 Å². The Labute approximate surface area is 134 Å². The second-order valence-electron chi connectivity index (χ2n) is 5.54. The number of alkyl halides is 1. The Morgan fingerprint density at radius 1 is 1.52 bits per heavy atom. The van der Waals surface area contributed by atoms with Crippen LogP contribution in [0.15, 0.2) is 3.92 Å². The highest BCUT2D eigenvalue weighted by Crippen LogP contribution is 2.39. The molecule has 2 aliphatic heterocycles. The Morgan fingerprint density at radius 2 is 2.29 bits per heavy atom. The predicted octanol–water partition coefficient (Wildman–Crippen LogP) is 2.75. The van der Waals surface area contributed by atoms with Crippen molar-refractivity contribution in [2.24, 2.45) is 0 Å². The summed E-state index contributed by atoms with van der Waals surface area (Å²) in [7, 11) is 1.80. The molecule has 0 spiro atoms. The molecule has 1 aromatic heterocycles. The average molecular weight is 379 g/mol. The lowest BCUT2D eigenvalue weighted by molar-refractivity contribution is -0.0126. The number of amides is 1. The van der Waals surface area contributed by atoms with Crippen LogP contribution >= 0.6 is 27.3 Å². The van der Waals surface area contributed by atoms with Gasteiger partial charge >= 0.3 is 6.09 Å². The number of carbonyl (C=O) groups is 1. The molecule has 21 heavy (non-hydrogen) atoms. The van der Waals surface area contributed by atoms with Gasteiger partial charge < -0.3 is 10.0 Å². The fourth-order valence-corrected chi connectivity index (χ4v) is 4.58. The topological polar surface area (TPSA) is 69.6 Å². The Hall–Kier alpha value is -0.960. The number of piperidine rings is 2. The lowest BCUT2D eigenvalue weighted by atomic mass is 9.80. The summed E-state index contributed by atoms with van der Waals surface area (Å²) in [5, 5.41) is 17.9. The Bertz CT molecular complexity index is 545. The third kappa shape index (κ3) is 2.61. The molecule has 0 aliphatic carbocycles. The van der Waals surface area contributed by atoms with Crippen molar-refractivity contribution in [3.05, 3.63) is 3.92 Å². The molecule has 2 bridgehead atoms. The van der Waals surface area contributed by atoms with Gasteiger partial charge in [0.2, 0.25) is 5.13 Å². The van der Waals surface area contributed by atoms with E-state index in [-0.39, 0.29) is 12.1 Å². The first kappa shape index (κ1) is 15.0. The molecule has 1 N–H and O–H groups in total. The van der Waals surface area contributed by atoms with Gasteiger partial charge in [-0.2, -0.15) is 0 Å². The molecular weight excluding hydrogens is 363 g/mol. The first-order valence-electron chi connectivity index (χ1n) is 6.86. The van der Waals surface area contributed by atoms with Crippen molar-refractivity contribution < 1.29 is 14.3 Å². The molecule has 2 fully saturated rings. The molecule has 3 rings (SSSR count). The number of rotatable bonds is 2. The van der Waals surface area contributed by atoms with Gasteiger partial charge in [-0.25, -0.2) is 9.18 Å². The fourth-order valence-electron chi connectivity index (χ4n) is 3.47. The molecule has 0 radical (unpaired) electrons. The number of halogens is 2. The number of carboxylic acid groups (broad SMARTS) is 1. The predicted molar refractivity (Wildman–Crippen MR) is 80.6 cm³/mol. The SMILES string of the molecule is CN(c1nnc(Br)s1)[C@H]1C[C@@H]2CCC[C@H]([C@H]1F)N2C(=O)O. The van der Waals surface area contributed by atoms with Crippen molar-refractivity contribution >= 4 is 38.5 Å². The quantitative estimate of drug-likeness (QED) is 0.856. The van der Waals surface area contributed by atoms with Crippen LogP contribution in [0.2, 0.25) is 0 Å².